The summed E-state index contributed by atoms with van der Waals surface area (Å²) in [7, 11) is 0. The van der Waals surface area contributed by atoms with Crippen LogP contribution >= 0.6 is 0 Å². The topological polar surface area (TPSA) is 105 Å². The summed E-state index contributed by atoms with van der Waals surface area (Å²) >= 11 is 0. The van der Waals surface area contributed by atoms with Crippen LogP contribution in [0.2, 0.25) is 0 Å². The van der Waals surface area contributed by atoms with Gasteiger partial charge in [0.2, 0.25) is 11.8 Å². The van der Waals surface area contributed by atoms with Crippen LogP contribution in [0.3, 0.4) is 0 Å². The number of imide groups is 1. The lowest BCUT2D eigenvalue weighted by atomic mass is 10.1. The number of amides is 3. The zero-order valence-corrected chi connectivity index (χ0v) is 10.4. The van der Waals surface area contributed by atoms with Crippen LogP contribution in [0.25, 0.3) is 0 Å². The molecule has 0 spiro atoms. The van der Waals surface area contributed by atoms with E-state index in [-0.39, 0.29) is 19.0 Å². The van der Waals surface area contributed by atoms with Crippen LogP contribution in [0.4, 0.5) is 5.69 Å². The highest BCUT2D eigenvalue weighted by Gasteiger charge is 2.27. The summed E-state index contributed by atoms with van der Waals surface area (Å²) in [6.45, 7) is 1.54. The molecule has 0 aliphatic carbocycles. The Balaban J connectivity index is 2.24. The number of carbonyl (C=O) groups excluding carboxylic acids is 3. The Kier molecular flexibility index (Phi) is 3.48. The van der Waals surface area contributed by atoms with Gasteiger partial charge in [-0.25, -0.2) is 0 Å². The molecule has 1 aliphatic heterocycles. The molecule has 7 heteroatoms. The molecule has 0 aromatic heterocycles. The molecule has 0 radical (unpaired) electrons. The third kappa shape index (κ3) is 2.71. The maximum Gasteiger partial charge on any atom is 0.255 e. The first-order chi connectivity index (χ1) is 9.01. The fraction of sp³-hybridized carbons (Fsp3) is 0.250. The lowest BCUT2D eigenvalue weighted by molar-refractivity contribution is -0.135. The largest absolute Gasteiger partial charge is 0.324 e. The third-order valence-corrected chi connectivity index (χ3v) is 2.86. The van der Waals surface area contributed by atoms with Crippen molar-refractivity contribution in [3.8, 4) is 0 Å². The van der Waals surface area contributed by atoms with E-state index in [0.29, 0.717) is 11.3 Å². The molecule has 0 saturated carbocycles. The van der Waals surface area contributed by atoms with Gasteiger partial charge >= 0.3 is 0 Å². The molecule has 0 bridgehead atoms. The summed E-state index contributed by atoms with van der Waals surface area (Å²) in [6, 6.07) is 5.00. The molecule has 1 heterocycles. The molecule has 3 amide bonds. The molecule has 1 aromatic carbocycles. The number of nitrogens with zero attached hydrogens (tertiary/aromatic N) is 1. The Hall–Kier alpha value is -2.41. The molecule has 2 rings (SSSR count). The number of carbonyl (C=O) groups is 3. The molecule has 0 unspecified atom stereocenters. The molecule has 1 aliphatic rings. The van der Waals surface area contributed by atoms with Crippen molar-refractivity contribution < 1.29 is 14.4 Å². The first kappa shape index (κ1) is 13.0. The SMILES string of the molecule is Cc1cc(NN)ccc1C(=O)N1CC(=O)NC(=O)C1. The van der Waals surface area contributed by atoms with Crippen LogP contribution in [0.15, 0.2) is 18.2 Å². The van der Waals surface area contributed by atoms with Crippen molar-refractivity contribution in [2.24, 2.45) is 5.84 Å². The predicted octanol–water partition coefficient (Wildman–Crippen LogP) is -0.621. The second-order valence-electron chi connectivity index (χ2n) is 4.31. The van der Waals surface area contributed by atoms with E-state index in [0.717, 1.165) is 5.56 Å². The van der Waals surface area contributed by atoms with Crippen LogP contribution in [-0.4, -0.2) is 35.7 Å². The smallest absolute Gasteiger partial charge is 0.255 e. The van der Waals surface area contributed by atoms with Crippen molar-refractivity contribution in [1.82, 2.24) is 10.2 Å². The van der Waals surface area contributed by atoms with Gasteiger partial charge in [-0.3, -0.25) is 25.5 Å². The summed E-state index contributed by atoms with van der Waals surface area (Å²) in [5.74, 6) is 4.00. The normalized spacial score (nSPS) is 15.2. The van der Waals surface area contributed by atoms with Crippen LogP contribution in [-0.2, 0) is 9.59 Å². The average Bonchev–Trinajstić information content (AvgIpc) is 2.36. The zero-order valence-electron chi connectivity index (χ0n) is 10.4. The fourth-order valence-corrected chi connectivity index (χ4v) is 1.94. The molecule has 0 atom stereocenters. The molecule has 1 saturated heterocycles. The Bertz CT molecular complexity index is 540. The van der Waals surface area contributed by atoms with Crippen molar-refractivity contribution in [3.05, 3.63) is 29.3 Å². The van der Waals surface area contributed by atoms with Crippen molar-refractivity contribution >= 4 is 23.4 Å². The van der Waals surface area contributed by atoms with Gasteiger partial charge < -0.3 is 10.3 Å². The van der Waals surface area contributed by atoms with Gasteiger partial charge in [0.25, 0.3) is 5.91 Å². The van der Waals surface area contributed by atoms with Crippen molar-refractivity contribution in [2.75, 3.05) is 18.5 Å². The maximum atomic E-state index is 12.3. The summed E-state index contributed by atoms with van der Waals surface area (Å²) in [5.41, 5.74) is 4.33. The number of nitrogen functional groups attached to an aromatic ring is 1. The first-order valence-electron chi connectivity index (χ1n) is 5.70. The number of aryl methyl sites for hydroxylation is 1. The fourth-order valence-electron chi connectivity index (χ4n) is 1.94. The van der Waals surface area contributed by atoms with Crippen LogP contribution < -0.4 is 16.6 Å². The molecule has 4 N–H and O–H groups in total. The minimum absolute atomic E-state index is 0.110. The highest BCUT2D eigenvalue weighted by atomic mass is 16.2. The predicted molar refractivity (Wildman–Crippen MR) is 68.0 cm³/mol. The molecule has 7 nitrogen and oxygen atoms in total. The van der Waals surface area contributed by atoms with E-state index in [4.69, 9.17) is 5.84 Å². The Morgan fingerprint density at radius 3 is 2.47 bits per heavy atom. The Labute approximate surface area is 109 Å². The van der Waals surface area contributed by atoms with Crippen molar-refractivity contribution in [2.45, 2.75) is 6.92 Å². The number of hydrazine groups is 1. The van der Waals surface area contributed by atoms with E-state index in [1.807, 2.05) is 0 Å². The minimum atomic E-state index is -0.470. The van der Waals surface area contributed by atoms with E-state index >= 15 is 0 Å². The number of anilines is 1. The van der Waals surface area contributed by atoms with Gasteiger partial charge in [0.15, 0.2) is 0 Å². The Morgan fingerprint density at radius 2 is 1.95 bits per heavy atom. The first-order valence-corrected chi connectivity index (χ1v) is 5.70. The molecule has 1 aromatic rings. The van der Waals surface area contributed by atoms with E-state index < -0.39 is 11.8 Å². The molecular weight excluding hydrogens is 248 g/mol. The van der Waals surface area contributed by atoms with Crippen LogP contribution in [0.5, 0.6) is 0 Å². The number of nitrogens with one attached hydrogen (secondary N) is 2. The molecule has 19 heavy (non-hydrogen) atoms. The van der Waals surface area contributed by atoms with Gasteiger partial charge in [0.05, 0.1) is 0 Å². The number of hydrogen-bond donors (Lipinski definition) is 3. The minimum Gasteiger partial charge on any atom is -0.324 e. The van der Waals surface area contributed by atoms with Gasteiger partial charge in [0.1, 0.15) is 13.1 Å². The van der Waals surface area contributed by atoms with Gasteiger partial charge in [-0.15, -0.1) is 0 Å². The van der Waals surface area contributed by atoms with Crippen LogP contribution in [0.1, 0.15) is 15.9 Å². The molecule has 100 valence electrons. The van der Waals surface area contributed by atoms with E-state index in [1.165, 1.54) is 4.90 Å². The summed E-state index contributed by atoms with van der Waals surface area (Å²) in [5, 5.41) is 2.15. The quantitative estimate of drug-likeness (QED) is 0.374. The third-order valence-electron chi connectivity index (χ3n) is 2.86. The van der Waals surface area contributed by atoms with Gasteiger partial charge in [-0.05, 0) is 30.7 Å². The second kappa shape index (κ2) is 5.07. The van der Waals surface area contributed by atoms with E-state index in [9.17, 15) is 14.4 Å². The number of hydrogen-bond acceptors (Lipinski definition) is 5. The van der Waals surface area contributed by atoms with Gasteiger partial charge in [-0.1, -0.05) is 0 Å². The summed E-state index contributed by atoms with van der Waals surface area (Å²) in [6.07, 6.45) is 0. The number of piperazine rings is 1. The maximum absolute atomic E-state index is 12.3. The van der Waals surface area contributed by atoms with Gasteiger partial charge in [-0.2, -0.15) is 0 Å². The zero-order chi connectivity index (χ0) is 14.0. The van der Waals surface area contributed by atoms with E-state index in [2.05, 4.69) is 10.7 Å². The summed E-state index contributed by atoms with van der Waals surface area (Å²) in [4.78, 5) is 36.0. The second-order valence-corrected chi connectivity index (χ2v) is 4.31. The molecular formula is C12H14N4O3. The van der Waals surface area contributed by atoms with Crippen molar-refractivity contribution in [3.63, 3.8) is 0 Å². The highest BCUT2D eigenvalue weighted by Crippen LogP contribution is 2.16. The number of nitrogens with two attached hydrogens (primary N) is 1. The van der Waals surface area contributed by atoms with Crippen molar-refractivity contribution in [1.29, 1.82) is 0 Å². The highest BCUT2D eigenvalue weighted by molar-refractivity contribution is 6.06. The average molecular weight is 262 g/mol. The lowest BCUT2D eigenvalue weighted by Crippen LogP contribution is -2.53. The van der Waals surface area contributed by atoms with Crippen LogP contribution in [0, 0.1) is 6.92 Å². The van der Waals surface area contributed by atoms with E-state index in [1.54, 1.807) is 25.1 Å². The number of rotatable bonds is 2. The lowest BCUT2D eigenvalue weighted by Gasteiger charge is -2.26. The molecule has 1 fully saturated rings. The Morgan fingerprint density at radius 1 is 1.32 bits per heavy atom. The number of benzene rings is 1. The summed E-state index contributed by atoms with van der Waals surface area (Å²) < 4.78 is 0. The monoisotopic (exact) mass is 262 g/mol. The standard InChI is InChI=1S/C12H14N4O3/c1-7-4-8(15-13)2-3-9(7)12(19)16-5-10(17)14-11(18)6-16/h2-4,15H,5-6,13H2,1H3,(H,14,17,18). The van der Waals surface area contributed by atoms with Gasteiger partial charge in [0, 0.05) is 11.3 Å².